The van der Waals surface area contributed by atoms with Crippen molar-refractivity contribution in [2.24, 2.45) is 5.92 Å². The highest BCUT2D eigenvalue weighted by molar-refractivity contribution is 6.46. The summed E-state index contributed by atoms with van der Waals surface area (Å²) in [4.78, 5) is 30.0. The summed E-state index contributed by atoms with van der Waals surface area (Å²) in [6, 6.07) is 9.69. The number of methoxy groups -OCH3 is 1. The number of carbonyl (C=O) groups excluding carboxylic acids is 2. The average molecular weight is 523 g/mol. The van der Waals surface area contributed by atoms with E-state index in [0.29, 0.717) is 60.6 Å². The lowest BCUT2D eigenvalue weighted by Gasteiger charge is -2.27. The van der Waals surface area contributed by atoms with Crippen LogP contribution in [0.5, 0.6) is 17.2 Å². The van der Waals surface area contributed by atoms with Crippen molar-refractivity contribution in [2.75, 3.05) is 47.5 Å². The average Bonchev–Trinajstić information content (AvgIpc) is 3.14. The maximum absolute atomic E-state index is 13.3. The number of aryl methyl sites for hydroxylation is 1. The van der Waals surface area contributed by atoms with Crippen molar-refractivity contribution < 1.29 is 28.9 Å². The van der Waals surface area contributed by atoms with Gasteiger partial charge in [-0.2, -0.15) is 0 Å². The molecule has 0 spiro atoms. The van der Waals surface area contributed by atoms with Crippen molar-refractivity contribution in [3.05, 3.63) is 71.3 Å². The number of likely N-dealkylation sites (N-methyl/N-ethyl adjacent to an activating group) is 1. The number of hydrogen-bond donors (Lipinski definition) is 1. The zero-order valence-electron chi connectivity index (χ0n) is 23.1. The Kier molecular flexibility index (Phi) is 9.58. The van der Waals surface area contributed by atoms with E-state index < -0.39 is 17.7 Å². The Morgan fingerprint density at radius 2 is 1.82 bits per heavy atom. The molecule has 204 valence electrons. The number of ketones is 1. The second-order valence-electron chi connectivity index (χ2n) is 9.99. The third kappa shape index (κ3) is 6.37. The molecule has 0 bridgehead atoms. The standard InChI is InChI=1S/C30H38N2O6/c1-8-15-37-24-12-9-21(17-25(24)36-7)27-26(29(34)30(35)32(27)14-13-31(5)6)28(33)22-10-11-23(20(4)16-22)38-18-19(2)3/h8-12,16-17,19,27,33H,1,13-15,18H2,2-7H3/b28-26+. The molecule has 1 aliphatic rings. The van der Waals surface area contributed by atoms with Gasteiger partial charge in [-0.1, -0.05) is 32.6 Å². The van der Waals surface area contributed by atoms with Gasteiger partial charge in [0.2, 0.25) is 0 Å². The van der Waals surface area contributed by atoms with E-state index in [1.165, 1.54) is 12.0 Å². The van der Waals surface area contributed by atoms with Crippen LogP contribution in [0.1, 0.15) is 36.6 Å². The molecule has 8 heteroatoms. The quantitative estimate of drug-likeness (QED) is 0.189. The van der Waals surface area contributed by atoms with Crippen LogP contribution in [-0.2, 0) is 9.59 Å². The number of amides is 1. The molecule has 1 heterocycles. The van der Waals surface area contributed by atoms with Gasteiger partial charge in [0.05, 0.1) is 25.3 Å². The van der Waals surface area contributed by atoms with Crippen LogP contribution in [-0.4, -0.2) is 74.1 Å². The van der Waals surface area contributed by atoms with Gasteiger partial charge in [-0.15, -0.1) is 0 Å². The first-order valence-corrected chi connectivity index (χ1v) is 12.7. The van der Waals surface area contributed by atoms with Crippen LogP contribution in [0.2, 0.25) is 0 Å². The molecule has 0 aliphatic carbocycles. The Morgan fingerprint density at radius 3 is 2.42 bits per heavy atom. The first kappa shape index (κ1) is 28.8. The van der Waals surface area contributed by atoms with Crippen molar-refractivity contribution in [3.63, 3.8) is 0 Å². The minimum absolute atomic E-state index is 0.0332. The highest BCUT2D eigenvalue weighted by Gasteiger charge is 2.46. The lowest BCUT2D eigenvalue weighted by Crippen LogP contribution is -2.35. The summed E-state index contributed by atoms with van der Waals surface area (Å²) in [5.41, 5.74) is 1.91. The summed E-state index contributed by atoms with van der Waals surface area (Å²) < 4.78 is 17.1. The summed E-state index contributed by atoms with van der Waals surface area (Å²) in [6.07, 6.45) is 1.63. The molecule has 1 fully saturated rings. The summed E-state index contributed by atoms with van der Waals surface area (Å²) in [5.74, 6) is 0.418. The van der Waals surface area contributed by atoms with E-state index in [9.17, 15) is 14.7 Å². The number of benzene rings is 2. The Morgan fingerprint density at radius 1 is 1.11 bits per heavy atom. The first-order chi connectivity index (χ1) is 18.1. The van der Waals surface area contributed by atoms with E-state index in [2.05, 4.69) is 20.4 Å². The molecule has 8 nitrogen and oxygen atoms in total. The molecule has 0 aromatic heterocycles. The Balaban J connectivity index is 2.11. The number of ether oxygens (including phenoxy) is 3. The number of likely N-dealkylation sites (tertiary alicyclic amines) is 1. The number of aliphatic hydroxyl groups excluding tert-OH is 1. The van der Waals surface area contributed by atoms with E-state index >= 15 is 0 Å². The highest BCUT2D eigenvalue weighted by Crippen LogP contribution is 2.42. The van der Waals surface area contributed by atoms with Crippen LogP contribution in [0.15, 0.2) is 54.6 Å². The molecule has 1 N–H and O–H groups in total. The molecule has 1 unspecified atom stereocenters. The molecule has 1 amide bonds. The fourth-order valence-electron chi connectivity index (χ4n) is 4.26. The van der Waals surface area contributed by atoms with Crippen LogP contribution in [0.3, 0.4) is 0 Å². The van der Waals surface area contributed by atoms with Crippen LogP contribution in [0, 0.1) is 12.8 Å². The summed E-state index contributed by atoms with van der Waals surface area (Å²) in [6.45, 7) is 11.4. The van der Waals surface area contributed by atoms with E-state index in [4.69, 9.17) is 14.2 Å². The van der Waals surface area contributed by atoms with Crippen molar-refractivity contribution >= 4 is 17.4 Å². The van der Waals surface area contributed by atoms with Gasteiger partial charge in [-0.05, 0) is 68.4 Å². The highest BCUT2D eigenvalue weighted by atomic mass is 16.5. The fourth-order valence-corrected chi connectivity index (χ4v) is 4.26. The molecular weight excluding hydrogens is 484 g/mol. The zero-order chi connectivity index (χ0) is 28.0. The second kappa shape index (κ2) is 12.6. The van der Waals surface area contributed by atoms with Crippen LogP contribution in [0.4, 0.5) is 0 Å². The van der Waals surface area contributed by atoms with E-state index in [1.54, 1.807) is 42.5 Å². The van der Waals surface area contributed by atoms with Gasteiger partial charge in [-0.25, -0.2) is 0 Å². The third-order valence-electron chi connectivity index (χ3n) is 6.21. The number of hydrogen-bond acceptors (Lipinski definition) is 7. The minimum Gasteiger partial charge on any atom is -0.507 e. The zero-order valence-corrected chi connectivity index (χ0v) is 23.1. The van der Waals surface area contributed by atoms with E-state index in [0.717, 1.165) is 5.56 Å². The first-order valence-electron chi connectivity index (χ1n) is 12.7. The molecule has 1 aliphatic heterocycles. The monoisotopic (exact) mass is 522 g/mol. The molecule has 2 aromatic carbocycles. The number of rotatable bonds is 12. The number of aliphatic hydroxyl groups is 1. The topological polar surface area (TPSA) is 88.5 Å². The molecule has 38 heavy (non-hydrogen) atoms. The SMILES string of the molecule is C=CCOc1ccc(C2/C(=C(\O)c3ccc(OCC(C)C)c(C)c3)C(=O)C(=O)N2CCN(C)C)cc1OC. The smallest absolute Gasteiger partial charge is 0.295 e. The summed E-state index contributed by atoms with van der Waals surface area (Å²) >= 11 is 0. The predicted molar refractivity (Wildman–Crippen MR) is 148 cm³/mol. The molecule has 1 saturated heterocycles. The maximum atomic E-state index is 13.3. The van der Waals surface area contributed by atoms with Crippen LogP contribution < -0.4 is 14.2 Å². The van der Waals surface area contributed by atoms with Crippen LogP contribution >= 0.6 is 0 Å². The van der Waals surface area contributed by atoms with Gasteiger partial charge in [0.25, 0.3) is 11.7 Å². The van der Waals surface area contributed by atoms with Gasteiger partial charge in [-0.3, -0.25) is 9.59 Å². The van der Waals surface area contributed by atoms with Crippen LogP contribution in [0.25, 0.3) is 5.76 Å². The van der Waals surface area contributed by atoms with Crippen molar-refractivity contribution in [3.8, 4) is 17.2 Å². The van der Waals surface area contributed by atoms with E-state index in [-0.39, 0.29) is 11.3 Å². The lowest BCUT2D eigenvalue weighted by molar-refractivity contribution is -0.140. The number of nitrogens with zero attached hydrogens (tertiary/aromatic N) is 2. The third-order valence-corrected chi connectivity index (χ3v) is 6.21. The molecular formula is C30H38N2O6. The fraction of sp³-hybridized carbons (Fsp3) is 0.400. The largest absolute Gasteiger partial charge is 0.507 e. The Hall–Kier alpha value is -3.78. The van der Waals surface area contributed by atoms with E-state index in [1.807, 2.05) is 25.9 Å². The number of carbonyl (C=O) groups is 2. The lowest BCUT2D eigenvalue weighted by atomic mass is 9.94. The van der Waals surface area contributed by atoms with Crippen molar-refractivity contribution in [1.82, 2.24) is 9.80 Å². The molecule has 2 aromatic rings. The molecule has 3 rings (SSSR count). The van der Waals surface area contributed by atoms with Gasteiger partial charge < -0.3 is 29.1 Å². The molecule has 1 atom stereocenters. The maximum Gasteiger partial charge on any atom is 0.295 e. The molecule has 0 saturated carbocycles. The summed E-state index contributed by atoms with van der Waals surface area (Å²) in [7, 11) is 5.31. The summed E-state index contributed by atoms with van der Waals surface area (Å²) in [5, 5.41) is 11.4. The van der Waals surface area contributed by atoms with Gasteiger partial charge >= 0.3 is 0 Å². The minimum atomic E-state index is -0.797. The Bertz CT molecular complexity index is 1220. The van der Waals surface area contributed by atoms with Crippen molar-refractivity contribution in [1.29, 1.82) is 0 Å². The Labute approximate surface area is 225 Å². The second-order valence-corrected chi connectivity index (χ2v) is 9.99. The van der Waals surface area contributed by atoms with Gasteiger partial charge in [0.15, 0.2) is 11.5 Å². The predicted octanol–water partition coefficient (Wildman–Crippen LogP) is 4.59. The van der Waals surface area contributed by atoms with Crippen molar-refractivity contribution in [2.45, 2.75) is 26.8 Å². The van der Waals surface area contributed by atoms with Gasteiger partial charge in [0, 0.05) is 18.7 Å². The van der Waals surface area contributed by atoms with Gasteiger partial charge in [0.1, 0.15) is 18.1 Å². The normalized spacial score (nSPS) is 16.8. The number of Topliss-reactive ketones (excluding diaryl/α,β-unsaturated/α-hetero) is 1. The molecule has 0 radical (unpaired) electrons.